The van der Waals surface area contributed by atoms with Crippen LogP contribution in [0.1, 0.15) is 66.9 Å². The number of amides is 2. The number of benzene rings is 1. The molecule has 0 unspecified atom stereocenters. The zero-order valence-corrected chi connectivity index (χ0v) is 18.5. The van der Waals surface area contributed by atoms with Gasteiger partial charge in [0.15, 0.2) is 0 Å². The first kappa shape index (κ1) is 24.5. The van der Waals surface area contributed by atoms with E-state index in [2.05, 4.69) is 10.6 Å². The molecule has 0 bridgehead atoms. The minimum atomic E-state index is -0.975. The SMILES string of the molecule is CCc1ccc(NC(=O)N[C@@H](CCC(=O)OC(C)(C)C)C(=O)OC(C)(C)C)cc1. The fourth-order valence-electron chi connectivity index (χ4n) is 2.43. The normalized spacial score (nSPS) is 12.7. The van der Waals surface area contributed by atoms with Crippen LogP contribution in [0, 0.1) is 0 Å². The number of esters is 2. The molecule has 7 heteroatoms. The summed E-state index contributed by atoms with van der Waals surface area (Å²) in [6, 6.07) is 5.90. The Balaban J connectivity index is 2.76. The molecular weight excluding hydrogens is 372 g/mol. The van der Waals surface area contributed by atoms with Gasteiger partial charge in [-0.2, -0.15) is 0 Å². The first-order valence-electron chi connectivity index (χ1n) is 9.90. The van der Waals surface area contributed by atoms with E-state index in [0.29, 0.717) is 5.69 Å². The van der Waals surface area contributed by atoms with Crippen LogP contribution in [0.5, 0.6) is 0 Å². The van der Waals surface area contributed by atoms with Crippen molar-refractivity contribution < 1.29 is 23.9 Å². The molecular formula is C22H34N2O5. The Hall–Kier alpha value is -2.57. The number of carbonyl (C=O) groups excluding carboxylic acids is 3. The van der Waals surface area contributed by atoms with E-state index in [9.17, 15) is 14.4 Å². The Labute approximate surface area is 173 Å². The Morgan fingerprint density at radius 3 is 1.97 bits per heavy atom. The number of ether oxygens (including phenoxy) is 2. The van der Waals surface area contributed by atoms with Gasteiger partial charge in [-0.05, 0) is 72.1 Å². The van der Waals surface area contributed by atoms with Crippen molar-refractivity contribution in [3.05, 3.63) is 29.8 Å². The summed E-state index contributed by atoms with van der Waals surface area (Å²) in [6.07, 6.45) is 0.955. The van der Waals surface area contributed by atoms with Crippen LogP contribution >= 0.6 is 0 Å². The molecule has 1 rings (SSSR count). The van der Waals surface area contributed by atoms with Gasteiger partial charge in [-0.1, -0.05) is 19.1 Å². The molecule has 2 N–H and O–H groups in total. The van der Waals surface area contributed by atoms with Crippen molar-refractivity contribution >= 4 is 23.7 Å². The second-order valence-corrected chi connectivity index (χ2v) is 8.86. The van der Waals surface area contributed by atoms with Gasteiger partial charge in [-0.25, -0.2) is 9.59 Å². The summed E-state index contributed by atoms with van der Waals surface area (Å²) in [5.74, 6) is -1.04. The zero-order valence-electron chi connectivity index (χ0n) is 18.5. The van der Waals surface area contributed by atoms with Crippen molar-refractivity contribution in [2.75, 3.05) is 5.32 Å². The number of hydrogen-bond acceptors (Lipinski definition) is 5. The largest absolute Gasteiger partial charge is 0.460 e. The molecule has 0 aliphatic heterocycles. The fraction of sp³-hybridized carbons (Fsp3) is 0.591. The summed E-state index contributed by atoms with van der Waals surface area (Å²) >= 11 is 0. The summed E-state index contributed by atoms with van der Waals surface area (Å²) in [4.78, 5) is 36.9. The smallest absolute Gasteiger partial charge is 0.329 e. The third kappa shape index (κ3) is 10.5. The first-order chi connectivity index (χ1) is 13.3. The minimum Gasteiger partial charge on any atom is -0.460 e. The highest BCUT2D eigenvalue weighted by molar-refractivity contribution is 5.92. The van der Waals surface area contributed by atoms with Crippen LogP contribution < -0.4 is 10.6 Å². The second-order valence-electron chi connectivity index (χ2n) is 8.86. The van der Waals surface area contributed by atoms with E-state index in [4.69, 9.17) is 9.47 Å². The summed E-state index contributed by atoms with van der Waals surface area (Å²) < 4.78 is 10.7. The molecule has 162 valence electrons. The second kappa shape index (κ2) is 10.3. The van der Waals surface area contributed by atoms with Crippen LogP contribution in [0.4, 0.5) is 10.5 Å². The van der Waals surface area contributed by atoms with Gasteiger partial charge in [-0.3, -0.25) is 4.79 Å². The number of carbonyl (C=O) groups is 3. The van der Waals surface area contributed by atoms with E-state index < -0.39 is 35.2 Å². The summed E-state index contributed by atoms with van der Waals surface area (Å²) in [6.45, 7) is 12.6. The summed E-state index contributed by atoms with van der Waals surface area (Å²) in [5.41, 5.74) is 0.429. The molecule has 0 radical (unpaired) electrons. The number of urea groups is 1. The number of nitrogens with one attached hydrogen (secondary N) is 2. The lowest BCUT2D eigenvalue weighted by Crippen LogP contribution is -2.46. The van der Waals surface area contributed by atoms with Crippen LogP contribution in [0.25, 0.3) is 0 Å². The van der Waals surface area contributed by atoms with Crippen molar-refractivity contribution in [1.29, 1.82) is 0 Å². The van der Waals surface area contributed by atoms with E-state index in [1.54, 1.807) is 53.7 Å². The maximum absolute atomic E-state index is 12.5. The third-order valence-corrected chi connectivity index (χ3v) is 3.67. The molecule has 29 heavy (non-hydrogen) atoms. The molecule has 0 aliphatic rings. The highest BCUT2D eigenvalue weighted by atomic mass is 16.6. The molecule has 0 spiro atoms. The van der Waals surface area contributed by atoms with Gasteiger partial charge < -0.3 is 20.1 Å². The van der Waals surface area contributed by atoms with Crippen molar-refractivity contribution in [2.24, 2.45) is 0 Å². The molecule has 0 aromatic heterocycles. The van der Waals surface area contributed by atoms with E-state index >= 15 is 0 Å². The molecule has 0 fully saturated rings. The quantitative estimate of drug-likeness (QED) is 0.662. The van der Waals surface area contributed by atoms with Crippen LogP contribution in [0.3, 0.4) is 0 Å². The van der Waals surface area contributed by atoms with Gasteiger partial charge in [-0.15, -0.1) is 0 Å². The number of hydrogen-bond donors (Lipinski definition) is 2. The van der Waals surface area contributed by atoms with E-state index in [0.717, 1.165) is 12.0 Å². The molecule has 1 aromatic rings. The molecule has 0 aliphatic carbocycles. The lowest BCUT2D eigenvalue weighted by atomic mass is 10.1. The standard InChI is InChI=1S/C22H34N2O5/c1-8-15-9-11-16(12-10-15)23-20(27)24-17(19(26)29-22(5,6)7)13-14-18(25)28-21(2,3)4/h9-12,17H,8,13-14H2,1-7H3,(H2,23,24,27)/t17-/m0/s1. The number of anilines is 1. The Bertz CT molecular complexity index is 699. The molecule has 0 saturated carbocycles. The molecule has 0 heterocycles. The van der Waals surface area contributed by atoms with Crippen molar-refractivity contribution in [3.8, 4) is 0 Å². The van der Waals surface area contributed by atoms with E-state index in [1.807, 2.05) is 19.1 Å². The van der Waals surface area contributed by atoms with Gasteiger partial charge >= 0.3 is 18.0 Å². The lowest BCUT2D eigenvalue weighted by molar-refractivity contribution is -0.158. The molecule has 1 atom stereocenters. The fourth-order valence-corrected chi connectivity index (χ4v) is 2.43. The average molecular weight is 407 g/mol. The highest BCUT2D eigenvalue weighted by Gasteiger charge is 2.28. The first-order valence-corrected chi connectivity index (χ1v) is 9.90. The van der Waals surface area contributed by atoms with Gasteiger partial charge in [0, 0.05) is 12.1 Å². The number of rotatable bonds is 7. The highest BCUT2D eigenvalue weighted by Crippen LogP contribution is 2.14. The van der Waals surface area contributed by atoms with Crippen LogP contribution in [0.15, 0.2) is 24.3 Å². The topological polar surface area (TPSA) is 93.7 Å². The van der Waals surface area contributed by atoms with Crippen molar-refractivity contribution in [1.82, 2.24) is 5.32 Å². The predicted molar refractivity (Wildman–Crippen MR) is 113 cm³/mol. The molecule has 0 saturated heterocycles. The van der Waals surface area contributed by atoms with E-state index in [-0.39, 0.29) is 12.8 Å². The van der Waals surface area contributed by atoms with Gasteiger partial charge in [0.2, 0.25) is 0 Å². The molecule has 7 nitrogen and oxygen atoms in total. The van der Waals surface area contributed by atoms with E-state index in [1.165, 1.54) is 0 Å². The minimum absolute atomic E-state index is 0.0212. The van der Waals surface area contributed by atoms with Crippen LogP contribution in [0.2, 0.25) is 0 Å². The monoisotopic (exact) mass is 406 g/mol. The Morgan fingerprint density at radius 1 is 0.931 bits per heavy atom. The summed E-state index contributed by atoms with van der Waals surface area (Å²) in [7, 11) is 0. The zero-order chi connectivity index (χ0) is 22.2. The van der Waals surface area contributed by atoms with Gasteiger partial charge in [0.05, 0.1) is 0 Å². The lowest BCUT2D eigenvalue weighted by Gasteiger charge is -2.25. The van der Waals surface area contributed by atoms with Crippen molar-refractivity contribution in [3.63, 3.8) is 0 Å². The summed E-state index contributed by atoms with van der Waals surface area (Å²) in [5, 5.41) is 5.30. The van der Waals surface area contributed by atoms with Crippen LogP contribution in [-0.2, 0) is 25.5 Å². The van der Waals surface area contributed by atoms with Crippen molar-refractivity contribution in [2.45, 2.75) is 85.0 Å². The third-order valence-electron chi connectivity index (χ3n) is 3.67. The Kier molecular flexibility index (Phi) is 8.67. The predicted octanol–water partition coefficient (Wildman–Crippen LogP) is 4.20. The average Bonchev–Trinajstić information content (AvgIpc) is 2.56. The maximum atomic E-state index is 12.5. The molecule has 1 aromatic carbocycles. The Morgan fingerprint density at radius 2 is 1.48 bits per heavy atom. The van der Waals surface area contributed by atoms with Crippen LogP contribution in [-0.4, -0.2) is 35.2 Å². The van der Waals surface area contributed by atoms with Gasteiger partial charge in [0.25, 0.3) is 0 Å². The number of aryl methyl sites for hydroxylation is 1. The van der Waals surface area contributed by atoms with Gasteiger partial charge in [0.1, 0.15) is 17.2 Å². The molecule has 2 amide bonds. The maximum Gasteiger partial charge on any atom is 0.329 e.